The molecule has 0 bridgehead atoms. The fraction of sp³-hybridized carbons (Fsp3) is 0.118. The van der Waals surface area contributed by atoms with Gasteiger partial charge in [0.15, 0.2) is 0 Å². The first-order valence-corrected chi connectivity index (χ1v) is 6.98. The summed E-state index contributed by atoms with van der Waals surface area (Å²) in [7, 11) is 1.59. The standard InChI is InChI=1S/C17H17N3O3/c1-23-15-9-7-13(8-10-15)11-19-20-16(21)12-18-17(22)14-5-3-2-4-6-14/h2-11H,12H2,1H3,(H,18,22)(H,20,21)/b19-11+. The number of nitrogens with one attached hydrogen (secondary N) is 2. The van der Waals surface area contributed by atoms with Crippen LogP contribution in [0.5, 0.6) is 5.75 Å². The number of amides is 2. The highest BCUT2D eigenvalue weighted by Crippen LogP contribution is 2.09. The van der Waals surface area contributed by atoms with Gasteiger partial charge in [-0.15, -0.1) is 0 Å². The zero-order valence-electron chi connectivity index (χ0n) is 12.7. The maximum Gasteiger partial charge on any atom is 0.259 e. The molecule has 0 aliphatic rings. The molecule has 2 aromatic rings. The molecular formula is C17H17N3O3. The summed E-state index contributed by atoms with van der Waals surface area (Å²) in [4.78, 5) is 23.4. The largest absolute Gasteiger partial charge is 0.497 e. The van der Waals surface area contributed by atoms with Crippen molar-refractivity contribution in [3.05, 3.63) is 65.7 Å². The van der Waals surface area contributed by atoms with Crippen LogP contribution in [0.1, 0.15) is 15.9 Å². The molecule has 0 spiro atoms. The van der Waals surface area contributed by atoms with Crippen molar-refractivity contribution >= 4 is 18.0 Å². The van der Waals surface area contributed by atoms with Gasteiger partial charge >= 0.3 is 0 Å². The Balaban J connectivity index is 1.76. The monoisotopic (exact) mass is 311 g/mol. The summed E-state index contributed by atoms with van der Waals surface area (Å²) < 4.78 is 5.05. The van der Waals surface area contributed by atoms with Crippen LogP contribution in [0.15, 0.2) is 59.7 Å². The van der Waals surface area contributed by atoms with Crippen molar-refractivity contribution in [2.75, 3.05) is 13.7 Å². The number of rotatable bonds is 6. The number of ether oxygens (including phenoxy) is 1. The highest BCUT2D eigenvalue weighted by molar-refractivity contribution is 5.96. The molecule has 2 N–H and O–H groups in total. The summed E-state index contributed by atoms with van der Waals surface area (Å²) in [6, 6.07) is 15.9. The van der Waals surface area contributed by atoms with Crippen molar-refractivity contribution in [1.29, 1.82) is 0 Å². The predicted octanol–water partition coefficient (Wildman–Crippen LogP) is 1.58. The molecule has 0 aliphatic carbocycles. The molecule has 2 amide bonds. The van der Waals surface area contributed by atoms with Gasteiger partial charge in [-0.3, -0.25) is 9.59 Å². The van der Waals surface area contributed by atoms with E-state index in [1.54, 1.807) is 43.5 Å². The fourth-order valence-electron chi connectivity index (χ4n) is 1.76. The second-order valence-electron chi connectivity index (χ2n) is 4.62. The Morgan fingerprint density at radius 2 is 1.78 bits per heavy atom. The number of methoxy groups -OCH3 is 1. The van der Waals surface area contributed by atoms with Crippen LogP contribution < -0.4 is 15.5 Å². The highest BCUT2D eigenvalue weighted by Gasteiger charge is 2.06. The van der Waals surface area contributed by atoms with Crippen LogP contribution in [0.25, 0.3) is 0 Å². The van der Waals surface area contributed by atoms with Gasteiger partial charge in [-0.05, 0) is 42.0 Å². The van der Waals surface area contributed by atoms with Crippen LogP contribution in [0.3, 0.4) is 0 Å². The SMILES string of the molecule is COc1ccc(/C=N/NC(=O)CNC(=O)c2ccccc2)cc1. The molecule has 118 valence electrons. The Morgan fingerprint density at radius 3 is 2.43 bits per heavy atom. The average molecular weight is 311 g/mol. The first kappa shape index (κ1) is 16.2. The Labute approximate surface area is 134 Å². The number of benzene rings is 2. The number of hydrogen-bond acceptors (Lipinski definition) is 4. The van der Waals surface area contributed by atoms with E-state index in [1.807, 2.05) is 18.2 Å². The maximum atomic E-state index is 11.8. The van der Waals surface area contributed by atoms with Gasteiger partial charge in [0.1, 0.15) is 5.75 Å². The van der Waals surface area contributed by atoms with Crippen LogP contribution in [0, 0.1) is 0 Å². The number of hydrogen-bond donors (Lipinski definition) is 2. The fourth-order valence-corrected chi connectivity index (χ4v) is 1.76. The molecule has 0 atom stereocenters. The number of carbonyl (C=O) groups excluding carboxylic acids is 2. The number of nitrogens with zero attached hydrogens (tertiary/aromatic N) is 1. The van der Waals surface area contributed by atoms with Crippen LogP contribution in [0.2, 0.25) is 0 Å². The minimum atomic E-state index is -0.404. The molecule has 2 aromatic carbocycles. The minimum Gasteiger partial charge on any atom is -0.497 e. The van der Waals surface area contributed by atoms with Gasteiger partial charge < -0.3 is 10.1 Å². The normalized spacial score (nSPS) is 10.3. The molecule has 0 aromatic heterocycles. The molecule has 6 heteroatoms. The zero-order valence-corrected chi connectivity index (χ0v) is 12.7. The summed E-state index contributed by atoms with van der Waals surface area (Å²) in [5.74, 6) is 0.0359. The van der Waals surface area contributed by atoms with Gasteiger partial charge in [-0.1, -0.05) is 18.2 Å². The third kappa shape index (κ3) is 5.28. The van der Waals surface area contributed by atoms with Gasteiger partial charge in [0.05, 0.1) is 19.9 Å². The van der Waals surface area contributed by atoms with E-state index in [9.17, 15) is 9.59 Å². The topological polar surface area (TPSA) is 79.8 Å². The minimum absolute atomic E-state index is 0.145. The van der Waals surface area contributed by atoms with Crippen molar-refractivity contribution < 1.29 is 14.3 Å². The summed E-state index contributed by atoms with van der Waals surface area (Å²) in [5, 5.41) is 6.35. The molecule has 0 fully saturated rings. The molecule has 0 unspecified atom stereocenters. The second-order valence-corrected chi connectivity index (χ2v) is 4.62. The van der Waals surface area contributed by atoms with Gasteiger partial charge in [0, 0.05) is 5.56 Å². The van der Waals surface area contributed by atoms with Crippen molar-refractivity contribution in [2.45, 2.75) is 0 Å². The third-order valence-corrected chi connectivity index (χ3v) is 2.96. The molecule has 23 heavy (non-hydrogen) atoms. The molecule has 0 saturated heterocycles. The maximum absolute atomic E-state index is 11.8. The number of carbonyl (C=O) groups is 2. The quantitative estimate of drug-likeness (QED) is 0.628. The Bertz CT molecular complexity index is 682. The van der Waals surface area contributed by atoms with Gasteiger partial charge in [0.2, 0.25) is 0 Å². The smallest absolute Gasteiger partial charge is 0.259 e. The summed E-state index contributed by atoms with van der Waals surface area (Å²) in [6.45, 7) is -0.145. The predicted molar refractivity (Wildman–Crippen MR) is 87.5 cm³/mol. The lowest BCUT2D eigenvalue weighted by atomic mass is 10.2. The first-order chi connectivity index (χ1) is 11.2. The van der Waals surface area contributed by atoms with Crippen molar-refractivity contribution in [2.24, 2.45) is 5.10 Å². The van der Waals surface area contributed by atoms with Crippen LogP contribution >= 0.6 is 0 Å². The van der Waals surface area contributed by atoms with E-state index in [1.165, 1.54) is 6.21 Å². The van der Waals surface area contributed by atoms with Crippen LogP contribution in [0.4, 0.5) is 0 Å². The second kappa shape index (κ2) is 8.33. The summed E-state index contributed by atoms with van der Waals surface area (Å²) >= 11 is 0. The molecule has 0 radical (unpaired) electrons. The lowest BCUT2D eigenvalue weighted by molar-refractivity contribution is -0.120. The molecule has 2 rings (SSSR count). The van der Waals surface area contributed by atoms with E-state index in [4.69, 9.17) is 4.74 Å². The van der Waals surface area contributed by atoms with Gasteiger partial charge in [-0.25, -0.2) is 5.43 Å². The lowest BCUT2D eigenvalue weighted by Gasteiger charge is -2.04. The van der Waals surface area contributed by atoms with Crippen molar-refractivity contribution in [1.82, 2.24) is 10.7 Å². The molecule has 6 nitrogen and oxygen atoms in total. The number of hydrazone groups is 1. The van der Waals surface area contributed by atoms with E-state index >= 15 is 0 Å². The van der Waals surface area contributed by atoms with E-state index in [2.05, 4.69) is 15.8 Å². The molecular weight excluding hydrogens is 294 g/mol. The highest BCUT2D eigenvalue weighted by atomic mass is 16.5. The Morgan fingerprint density at radius 1 is 1.09 bits per heavy atom. The van der Waals surface area contributed by atoms with E-state index in [0.29, 0.717) is 5.56 Å². The summed E-state index contributed by atoms with van der Waals surface area (Å²) in [6.07, 6.45) is 1.51. The van der Waals surface area contributed by atoms with Gasteiger partial charge in [0.25, 0.3) is 11.8 Å². The van der Waals surface area contributed by atoms with Crippen molar-refractivity contribution in [3.63, 3.8) is 0 Å². The summed E-state index contributed by atoms with van der Waals surface area (Å²) in [5.41, 5.74) is 3.67. The average Bonchev–Trinajstić information content (AvgIpc) is 2.61. The lowest BCUT2D eigenvalue weighted by Crippen LogP contribution is -2.34. The molecule has 0 heterocycles. The third-order valence-electron chi connectivity index (χ3n) is 2.96. The zero-order chi connectivity index (χ0) is 16.5. The Hall–Kier alpha value is -3.15. The van der Waals surface area contributed by atoms with E-state index < -0.39 is 5.91 Å². The van der Waals surface area contributed by atoms with Crippen LogP contribution in [-0.4, -0.2) is 31.7 Å². The molecule has 0 saturated carbocycles. The van der Waals surface area contributed by atoms with Crippen LogP contribution in [-0.2, 0) is 4.79 Å². The van der Waals surface area contributed by atoms with E-state index in [0.717, 1.165) is 11.3 Å². The van der Waals surface area contributed by atoms with Crippen molar-refractivity contribution in [3.8, 4) is 5.75 Å². The van der Waals surface area contributed by atoms with Gasteiger partial charge in [-0.2, -0.15) is 5.10 Å². The molecule has 0 aliphatic heterocycles. The van der Waals surface area contributed by atoms with E-state index in [-0.39, 0.29) is 12.5 Å². The first-order valence-electron chi connectivity index (χ1n) is 6.98. The Kier molecular flexibility index (Phi) is 5.88.